The Morgan fingerprint density at radius 1 is 1.42 bits per heavy atom. The minimum atomic E-state index is -0.671. The molecule has 1 unspecified atom stereocenters. The molecule has 0 fully saturated rings. The van der Waals surface area contributed by atoms with Crippen LogP contribution in [0, 0.1) is 0 Å². The lowest BCUT2D eigenvalue weighted by molar-refractivity contribution is 0.00833. The van der Waals surface area contributed by atoms with Crippen LogP contribution in [-0.2, 0) is 9.47 Å². The summed E-state index contributed by atoms with van der Waals surface area (Å²) in [6.45, 7) is 6.15. The highest BCUT2D eigenvalue weighted by Gasteiger charge is 2.42. The molecule has 1 aromatic rings. The van der Waals surface area contributed by atoms with Gasteiger partial charge in [-0.25, -0.2) is 9.69 Å². The maximum Gasteiger partial charge on any atom is 0.417 e. The van der Waals surface area contributed by atoms with Gasteiger partial charge in [0.15, 0.2) is 0 Å². The average Bonchev–Trinajstić information content (AvgIpc) is 2.74. The maximum atomic E-state index is 12.7. The van der Waals surface area contributed by atoms with Gasteiger partial charge in [-0.05, 0) is 59.7 Å². The number of imide groups is 1. The summed E-state index contributed by atoms with van der Waals surface area (Å²) in [7, 11) is 1.65. The number of halogens is 2. The molecule has 0 saturated carbocycles. The van der Waals surface area contributed by atoms with E-state index in [1.54, 1.807) is 35.8 Å². The van der Waals surface area contributed by atoms with Gasteiger partial charge in [0.1, 0.15) is 5.60 Å². The van der Waals surface area contributed by atoms with Gasteiger partial charge in [0.2, 0.25) is 0 Å². The monoisotopic (exact) mass is 527 g/mol. The standard InChI is InChI=1S/C16H19BrINO4S/c1-16(2,3)23-15(21)19-13(9-22-6-7-24-18)11-5-4-10(17)8-12(11)14(19)20/h4-5,8,13H,6-7,9H2,1-3H3. The van der Waals surface area contributed by atoms with Crippen molar-refractivity contribution in [2.24, 2.45) is 0 Å². The third-order valence-electron chi connectivity index (χ3n) is 3.31. The van der Waals surface area contributed by atoms with Crippen molar-refractivity contribution in [3.8, 4) is 0 Å². The Labute approximate surface area is 166 Å². The van der Waals surface area contributed by atoms with Crippen molar-refractivity contribution in [2.45, 2.75) is 32.4 Å². The number of carbonyl (C=O) groups is 2. The third-order valence-corrected chi connectivity index (χ3v) is 5.44. The van der Waals surface area contributed by atoms with Gasteiger partial charge in [-0.1, -0.05) is 30.9 Å². The highest BCUT2D eigenvalue weighted by atomic mass is 127. The Balaban J connectivity index is 2.26. The van der Waals surface area contributed by atoms with Crippen molar-refractivity contribution < 1.29 is 19.1 Å². The van der Waals surface area contributed by atoms with Crippen molar-refractivity contribution in [1.82, 2.24) is 4.90 Å². The van der Waals surface area contributed by atoms with Gasteiger partial charge in [0.05, 0.1) is 19.3 Å². The fourth-order valence-corrected chi connectivity index (χ4v) is 3.47. The molecular weight excluding hydrogens is 509 g/mol. The third kappa shape index (κ3) is 4.86. The van der Waals surface area contributed by atoms with E-state index < -0.39 is 17.7 Å². The Morgan fingerprint density at radius 2 is 2.12 bits per heavy atom. The summed E-state index contributed by atoms with van der Waals surface area (Å²) in [6.07, 6.45) is -0.642. The molecule has 1 heterocycles. The summed E-state index contributed by atoms with van der Waals surface area (Å²) >= 11 is 5.57. The predicted octanol–water partition coefficient (Wildman–Crippen LogP) is 4.98. The van der Waals surface area contributed by atoms with E-state index in [0.717, 1.165) is 15.8 Å². The maximum absolute atomic E-state index is 12.7. The van der Waals surface area contributed by atoms with Gasteiger partial charge in [-0.15, -0.1) is 0 Å². The Bertz CT molecular complexity index is 635. The van der Waals surface area contributed by atoms with Crippen molar-refractivity contribution >= 4 is 58.1 Å². The average molecular weight is 528 g/mol. The molecule has 0 aliphatic carbocycles. The van der Waals surface area contributed by atoms with Gasteiger partial charge in [-0.3, -0.25) is 4.79 Å². The Morgan fingerprint density at radius 3 is 2.75 bits per heavy atom. The van der Waals surface area contributed by atoms with Crippen LogP contribution in [-0.4, -0.2) is 41.5 Å². The zero-order valence-corrected chi connectivity index (χ0v) is 18.2. The zero-order chi connectivity index (χ0) is 17.9. The molecule has 0 bridgehead atoms. The number of hydrogen-bond acceptors (Lipinski definition) is 5. The van der Waals surface area contributed by atoms with Crippen LogP contribution in [0.4, 0.5) is 4.79 Å². The summed E-state index contributed by atoms with van der Waals surface area (Å²) in [4.78, 5) is 26.4. The summed E-state index contributed by atoms with van der Waals surface area (Å²) in [5.41, 5.74) is 0.624. The summed E-state index contributed by atoms with van der Waals surface area (Å²) in [6, 6.07) is 4.98. The number of rotatable bonds is 5. The van der Waals surface area contributed by atoms with Crippen LogP contribution in [0.15, 0.2) is 22.7 Å². The summed E-state index contributed by atoms with van der Waals surface area (Å²) < 4.78 is 11.9. The van der Waals surface area contributed by atoms with Gasteiger partial charge in [0.25, 0.3) is 5.91 Å². The number of amides is 2. The summed E-state index contributed by atoms with van der Waals surface area (Å²) in [5.74, 6) is 0.498. The second-order valence-corrected chi connectivity index (χ2v) is 9.70. The first-order valence-electron chi connectivity index (χ1n) is 7.42. The molecule has 8 heteroatoms. The first kappa shape index (κ1) is 20.0. The molecular formula is C16H19BrINO4S. The van der Waals surface area contributed by atoms with Gasteiger partial charge in [-0.2, -0.15) is 0 Å². The van der Waals surface area contributed by atoms with E-state index in [1.165, 1.54) is 4.90 Å². The van der Waals surface area contributed by atoms with Crippen LogP contribution >= 0.6 is 46.1 Å². The van der Waals surface area contributed by atoms with Crippen molar-refractivity contribution in [3.63, 3.8) is 0 Å². The second-order valence-electron chi connectivity index (χ2n) is 6.29. The minimum Gasteiger partial charge on any atom is -0.443 e. The van der Waals surface area contributed by atoms with E-state index in [9.17, 15) is 9.59 Å². The van der Waals surface area contributed by atoms with Gasteiger partial charge >= 0.3 is 6.09 Å². The first-order chi connectivity index (χ1) is 11.2. The molecule has 2 amide bonds. The SMILES string of the molecule is CC(C)(C)OC(=O)N1C(=O)c2cc(Br)ccc2C1COCCSI. The predicted molar refractivity (Wildman–Crippen MR) is 107 cm³/mol. The smallest absolute Gasteiger partial charge is 0.417 e. The number of ether oxygens (including phenoxy) is 2. The molecule has 0 aromatic heterocycles. The van der Waals surface area contributed by atoms with Crippen LogP contribution < -0.4 is 0 Å². The zero-order valence-electron chi connectivity index (χ0n) is 13.7. The van der Waals surface area contributed by atoms with E-state index in [1.807, 2.05) is 12.1 Å². The topological polar surface area (TPSA) is 55.8 Å². The summed E-state index contributed by atoms with van der Waals surface area (Å²) in [5, 5.41) is 0. The van der Waals surface area contributed by atoms with E-state index in [2.05, 4.69) is 37.1 Å². The van der Waals surface area contributed by atoms with Crippen molar-refractivity contribution in [2.75, 3.05) is 19.0 Å². The van der Waals surface area contributed by atoms with Gasteiger partial charge in [0, 0.05) is 15.8 Å². The molecule has 0 N–H and O–H groups in total. The number of fused-ring (bicyclic) bond motifs is 1. The number of benzene rings is 1. The van der Waals surface area contributed by atoms with E-state index >= 15 is 0 Å². The lowest BCUT2D eigenvalue weighted by atomic mass is 10.1. The van der Waals surface area contributed by atoms with Crippen LogP contribution in [0.5, 0.6) is 0 Å². The van der Waals surface area contributed by atoms with Crippen LogP contribution in [0.25, 0.3) is 0 Å². The molecule has 5 nitrogen and oxygen atoms in total. The fraction of sp³-hybridized carbons (Fsp3) is 0.500. The van der Waals surface area contributed by atoms with Crippen molar-refractivity contribution in [3.05, 3.63) is 33.8 Å². The molecule has 24 heavy (non-hydrogen) atoms. The lowest BCUT2D eigenvalue weighted by Gasteiger charge is -2.27. The van der Waals surface area contributed by atoms with Gasteiger partial charge < -0.3 is 9.47 Å². The molecule has 1 aromatic carbocycles. The normalized spacial score (nSPS) is 17.1. The number of hydrogen-bond donors (Lipinski definition) is 0. The second kappa shape index (κ2) is 8.37. The molecule has 1 aliphatic rings. The molecule has 1 aliphatic heterocycles. The Kier molecular flexibility index (Phi) is 6.98. The van der Waals surface area contributed by atoms with Crippen LogP contribution in [0.3, 0.4) is 0 Å². The molecule has 0 saturated heterocycles. The van der Waals surface area contributed by atoms with Crippen molar-refractivity contribution in [1.29, 1.82) is 0 Å². The highest BCUT2D eigenvalue weighted by Crippen LogP contribution is 2.36. The largest absolute Gasteiger partial charge is 0.443 e. The number of carbonyl (C=O) groups excluding carboxylic acids is 2. The molecule has 0 radical (unpaired) electrons. The first-order valence-corrected chi connectivity index (χ1v) is 11.7. The number of nitrogens with zero attached hydrogens (tertiary/aromatic N) is 1. The highest BCUT2D eigenvalue weighted by molar-refractivity contribution is 14.2. The van der Waals surface area contributed by atoms with Crippen LogP contribution in [0.1, 0.15) is 42.7 Å². The van der Waals surface area contributed by atoms with E-state index in [-0.39, 0.29) is 12.5 Å². The molecule has 1 atom stereocenters. The Hall–Kier alpha value is -0.320. The molecule has 132 valence electrons. The fourth-order valence-electron chi connectivity index (χ4n) is 2.39. The van der Waals surface area contributed by atoms with Crippen LogP contribution in [0.2, 0.25) is 0 Å². The molecule has 0 spiro atoms. The quantitative estimate of drug-likeness (QED) is 0.399. The minimum absolute atomic E-state index is 0.261. The molecule has 2 rings (SSSR count). The lowest BCUT2D eigenvalue weighted by Crippen LogP contribution is -2.40. The van der Waals surface area contributed by atoms with E-state index in [0.29, 0.717) is 12.2 Å². The van der Waals surface area contributed by atoms with E-state index in [4.69, 9.17) is 9.47 Å².